The third-order valence-corrected chi connectivity index (χ3v) is 2.37. The summed E-state index contributed by atoms with van der Waals surface area (Å²) in [5.41, 5.74) is 0.0827. The Hall–Kier alpha value is -2.15. The molecule has 1 amide bonds. The lowest BCUT2D eigenvalue weighted by Crippen LogP contribution is -2.15. The Morgan fingerprint density at radius 3 is 2.78 bits per heavy atom. The molecule has 2 heterocycles. The normalized spacial score (nSPS) is 10.2. The highest BCUT2D eigenvalue weighted by atomic mass is 35.5. The number of rotatable bonds is 3. The van der Waals surface area contributed by atoms with Gasteiger partial charge in [-0.2, -0.15) is 4.98 Å². The molecule has 2 aromatic heterocycles. The number of carbonyl (C=O) groups is 1. The Morgan fingerprint density at radius 2 is 2.17 bits per heavy atom. The van der Waals surface area contributed by atoms with Crippen molar-refractivity contribution in [3.8, 4) is 0 Å². The first-order chi connectivity index (χ1) is 8.60. The molecule has 0 unspecified atom stereocenters. The molecule has 0 bridgehead atoms. The average molecular weight is 268 g/mol. The van der Waals surface area contributed by atoms with Crippen LogP contribution in [0.15, 0.2) is 16.7 Å². The monoisotopic (exact) mass is 267 g/mol. The maximum absolute atomic E-state index is 11.9. The highest BCUT2D eigenvalue weighted by molar-refractivity contribution is 6.34. The minimum Gasteiger partial charge on any atom is -0.373 e. The van der Waals surface area contributed by atoms with Crippen molar-refractivity contribution in [1.29, 1.82) is 0 Å². The van der Waals surface area contributed by atoms with E-state index in [0.717, 1.165) is 0 Å². The van der Waals surface area contributed by atoms with Crippen molar-refractivity contribution in [1.82, 2.24) is 15.1 Å². The zero-order valence-corrected chi connectivity index (χ0v) is 10.4. The van der Waals surface area contributed by atoms with Gasteiger partial charge in [0.1, 0.15) is 11.5 Å². The number of nitrogens with one attached hydrogen (secondary N) is 2. The van der Waals surface area contributed by atoms with Gasteiger partial charge in [0.2, 0.25) is 0 Å². The number of nitrogens with zero attached hydrogens (tertiary/aromatic N) is 3. The Kier molecular flexibility index (Phi) is 3.42. The Balaban J connectivity index is 2.23. The van der Waals surface area contributed by atoms with Crippen LogP contribution in [0.1, 0.15) is 16.3 Å². The average Bonchev–Trinajstić information content (AvgIpc) is 2.75. The molecular formula is C10H10ClN5O2. The van der Waals surface area contributed by atoms with Crippen LogP contribution in [-0.2, 0) is 0 Å². The summed E-state index contributed by atoms with van der Waals surface area (Å²) in [6.07, 6.45) is 0. The molecular weight excluding hydrogens is 258 g/mol. The third-order valence-electron chi connectivity index (χ3n) is 2.07. The predicted molar refractivity (Wildman–Crippen MR) is 65.8 cm³/mol. The summed E-state index contributed by atoms with van der Waals surface area (Å²) >= 11 is 5.90. The molecule has 0 spiro atoms. The summed E-state index contributed by atoms with van der Waals surface area (Å²) in [4.78, 5) is 19.8. The van der Waals surface area contributed by atoms with Gasteiger partial charge in [0, 0.05) is 7.05 Å². The zero-order valence-electron chi connectivity index (χ0n) is 9.69. The van der Waals surface area contributed by atoms with Crippen LogP contribution >= 0.6 is 11.6 Å². The SMILES string of the molecule is CNc1ccc(Cl)c(C(=O)Nc2nc(C)no2)n1. The molecule has 2 rings (SSSR count). The fourth-order valence-electron chi connectivity index (χ4n) is 1.24. The van der Waals surface area contributed by atoms with Crippen molar-refractivity contribution < 1.29 is 9.32 Å². The van der Waals surface area contributed by atoms with E-state index in [-0.39, 0.29) is 16.7 Å². The lowest BCUT2D eigenvalue weighted by molar-refractivity contribution is 0.101. The van der Waals surface area contributed by atoms with Gasteiger partial charge in [0.05, 0.1) is 5.02 Å². The molecule has 0 saturated carbocycles. The maximum Gasteiger partial charge on any atom is 0.328 e. The van der Waals surface area contributed by atoms with Crippen LogP contribution in [0.5, 0.6) is 0 Å². The van der Waals surface area contributed by atoms with E-state index in [9.17, 15) is 4.79 Å². The van der Waals surface area contributed by atoms with Gasteiger partial charge in [-0.1, -0.05) is 16.8 Å². The molecule has 7 nitrogen and oxygen atoms in total. The quantitative estimate of drug-likeness (QED) is 0.879. The van der Waals surface area contributed by atoms with Crippen LogP contribution < -0.4 is 10.6 Å². The molecule has 0 atom stereocenters. The van der Waals surface area contributed by atoms with Gasteiger partial charge in [-0.05, 0) is 19.1 Å². The number of carbonyl (C=O) groups excluding carboxylic acids is 1. The van der Waals surface area contributed by atoms with Crippen molar-refractivity contribution in [2.24, 2.45) is 0 Å². The summed E-state index contributed by atoms with van der Waals surface area (Å²) in [7, 11) is 1.69. The molecule has 2 N–H and O–H groups in total. The predicted octanol–water partition coefficient (Wildman–Crippen LogP) is 1.72. The topological polar surface area (TPSA) is 92.9 Å². The molecule has 0 saturated heterocycles. The first-order valence-electron chi connectivity index (χ1n) is 5.06. The van der Waals surface area contributed by atoms with E-state index < -0.39 is 5.91 Å². The molecule has 0 aliphatic carbocycles. The number of aromatic nitrogens is 3. The molecule has 0 aliphatic rings. The summed E-state index contributed by atoms with van der Waals surface area (Å²) in [6.45, 7) is 1.64. The lowest BCUT2D eigenvalue weighted by Gasteiger charge is -2.05. The van der Waals surface area contributed by atoms with Gasteiger partial charge in [-0.15, -0.1) is 0 Å². The number of hydrogen-bond donors (Lipinski definition) is 2. The smallest absolute Gasteiger partial charge is 0.328 e. The van der Waals surface area contributed by atoms with Gasteiger partial charge in [0.15, 0.2) is 5.82 Å². The third kappa shape index (κ3) is 2.57. The molecule has 0 aliphatic heterocycles. The van der Waals surface area contributed by atoms with Crippen LogP contribution in [0.4, 0.5) is 11.8 Å². The van der Waals surface area contributed by atoms with E-state index in [1.807, 2.05) is 0 Å². The summed E-state index contributed by atoms with van der Waals surface area (Å²) in [5, 5.41) is 9.03. The fourth-order valence-corrected chi connectivity index (χ4v) is 1.44. The van der Waals surface area contributed by atoms with E-state index in [1.54, 1.807) is 26.1 Å². The van der Waals surface area contributed by atoms with Crippen molar-refractivity contribution in [2.75, 3.05) is 17.7 Å². The van der Waals surface area contributed by atoms with E-state index in [1.165, 1.54) is 0 Å². The second-order valence-corrected chi connectivity index (χ2v) is 3.78. The fraction of sp³-hybridized carbons (Fsp3) is 0.200. The van der Waals surface area contributed by atoms with Crippen molar-refractivity contribution in [3.63, 3.8) is 0 Å². The highest BCUT2D eigenvalue weighted by Crippen LogP contribution is 2.17. The summed E-state index contributed by atoms with van der Waals surface area (Å²) < 4.78 is 4.77. The van der Waals surface area contributed by atoms with Crippen LogP contribution in [-0.4, -0.2) is 28.1 Å². The van der Waals surface area contributed by atoms with Crippen molar-refractivity contribution in [2.45, 2.75) is 6.92 Å². The Bertz CT molecular complexity index is 583. The van der Waals surface area contributed by atoms with Crippen LogP contribution in [0.3, 0.4) is 0 Å². The van der Waals surface area contributed by atoms with E-state index in [4.69, 9.17) is 16.1 Å². The Labute approximate surface area is 108 Å². The summed E-state index contributed by atoms with van der Waals surface area (Å²) in [5.74, 6) is 0.445. The van der Waals surface area contributed by atoms with Crippen LogP contribution in [0.25, 0.3) is 0 Å². The lowest BCUT2D eigenvalue weighted by atomic mass is 10.3. The second kappa shape index (κ2) is 5.01. The van der Waals surface area contributed by atoms with Crippen molar-refractivity contribution in [3.05, 3.63) is 28.7 Å². The number of aryl methyl sites for hydroxylation is 1. The largest absolute Gasteiger partial charge is 0.373 e. The van der Waals surface area contributed by atoms with Gasteiger partial charge in [-0.3, -0.25) is 10.1 Å². The highest BCUT2D eigenvalue weighted by Gasteiger charge is 2.15. The van der Waals surface area contributed by atoms with Gasteiger partial charge >= 0.3 is 6.01 Å². The number of hydrogen-bond acceptors (Lipinski definition) is 6. The van der Waals surface area contributed by atoms with Gasteiger partial charge in [0.25, 0.3) is 5.91 Å². The van der Waals surface area contributed by atoms with Gasteiger partial charge in [-0.25, -0.2) is 4.98 Å². The number of halogens is 1. The minimum absolute atomic E-state index is 0.00484. The standard InChI is InChI=1S/C10H10ClN5O2/c1-5-13-10(18-16-5)15-9(17)8-6(11)3-4-7(12-2)14-8/h3-4H,1-2H3,(H,12,14)(H,13,15,16,17). The molecule has 0 aromatic carbocycles. The van der Waals surface area contributed by atoms with Crippen LogP contribution in [0, 0.1) is 6.92 Å². The molecule has 8 heteroatoms. The number of anilines is 2. The number of amides is 1. The molecule has 2 aromatic rings. The summed E-state index contributed by atoms with van der Waals surface area (Å²) in [6, 6.07) is 3.25. The van der Waals surface area contributed by atoms with Crippen LogP contribution in [0.2, 0.25) is 5.02 Å². The first kappa shape index (κ1) is 12.3. The zero-order chi connectivity index (χ0) is 13.1. The molecule has 18 heavy (non-hydrogen) atoms. The number of pyridine rings is 1. The second-order valence-electron chi connectivity index (χ2n) is 3.38. The molecule has 94 valence electrons. The van der Waals surface area contributed by atoms with Gasteiger partial charge < -0.3 is 9.84 Å². The molecule has 0 fully saturated rings. The Morgan fingerprint density at radius 1 is 1.39 bits per heavy atom. The molecule has 0 radical (unpaired) electrons. The maximum atomic E-state index is 11.9. The van der Waals surface area contributed by atoms with E-state index >= 15 is 0 Å². The van der Waals surface area contributed by atoms with E-state index in [0.29, 0.717) is 11.6 Å². The minimum atomic E-state index is -0.513. The first-order valence-corrected chi connectivity index (χ1v) is 5.44. The van der Waals surface area contributed by atoms with Crippen molar-refractivity contribution >= 4 is 29.3 Å². The van der Waals surface area contributed by atoms with E-state index in [2.05, 4.69) is 25.8 Å².